The highest BCUT2D eigenvalue weighted by atomic mass is 16.3. The van der Waals surface area contributed by atoms with Crippen LogP contribution < -0.4 is 5.32 Å². The molecule has 0 spiro atoms. The Morgan fingerprint density at radius 3 is 2.71 bits per heavy atom. The molecule has 0 saturated heterocycles. The van der Waals surface area contributed by atoms with Crippen molar-refractivity contribution in [3.63, 3.8) is 0 Å². The Labute approximate surface area is 84.4 Å². The van der Waals surface area contributed by atoms with Crippen LogP contribution in [0.15, 0.2) is 12.3 Å². The van der Waals surface area contributed by atoms with Gasteiger partial charge in [-0.1, -0.05) is 20.8 Å². The molecule has 0 unspecified atom stereocenters. The van der Waals surface area contributed by atoms with Crippen molar-refractivity contribution in [3.8, 4) is 0 Å². The molecule has 0 atom stereocenters. The van der Waals surface area contributed by atoms with Gasteiger partial charge in [-0.25, -0.2) is 9.97 Å². The zero-order valence-corrected chi connectivity index (χ0v) is 8.91. The highest BCUT2D eigenvalue weighted by Gasteiger charge is 2.10. The number of hydrogen-bond donors (Lipinski definition) is 2. The van der Waals surface area contributed by atoms with Crippen molar-refractivity contribution in [1.82, 2.24) is 9.97 Å². The fraction of sp³-hybridized carbons (Fsp3) is 0.600. The number of anilines is 1. The van der Waals surface area contributed by atoms with Gasteiger partial charge in [0.25, 0.3) is 0 Å². The second-order valence-corrected chi connectivity index (χ2v) is 4.44. The third-order valence-electron chi connectivity index (χ3n) is 1.65. The van der Waals surface area contributed by atoms with Crippen LogP contribution in [-0.2, 0) is 6.61 Å². The summed E-state index contributed by atoms with van der Waals surface area (Å²) in [5, 5.41) is 12.0. The quantitative estimate of drug-likeness (QED) is 0.766. The highest BCUT2D eigenvalue weighted by Crippen LogP contribution is 2.13. The maximum absolute atomic E-state index is 8.87. The predicted octanol–water partition coefficient (Wildman–Crippen LogP) is 1.43. The van der Waals surface area contributed by atoms with Gasteiger partial charge >= 0.3 is 0 Å². The van der Waals surface area contributed by atoms with Crippen LogP contribution in [0.4, 0.5) is 5.95 Å². The van der Waals surface area contributed by atoms with Gasteiger partial charge in [-0.15, -0.1) is 0 Å². The van der Waals surface area contributed by atoms with E-state index in [9.17, 15) is 0 Å². The molecular formula is C10H17N3O. The lowest BCUT2D eigenvalue weighted by molar-refractivity contribution is 0.277. The lowest BCUT2D eigenvalue weighted by Gasteiger charge is -2.18. The molecule has 0 bridgehead atoms. The molecule has 0 fully saturated rings. The van der Waals surface area contributed by atoms with Crippen LogP contribution in [-0.4, -0.2) is 21.6 Å². The first-order valence-electron chi connectivity index (χ1n) is 4.68. The summed E-state index contributed by atoms with van der Waals surface area (Å²) in [7, 11) is 0. The molecule has 1 aromatic rings. The predicted molar refractivity (Wildman–Crippen MR) is 55.9 cm³/mol. The van der Waals surface area contributed by atoms with Gasteiger partial charge < -0.3 is 10.4 Å². The fourth-order valence-corrected chi connectivity index (χ4v) is 0.914. The van der Waals surface area contributed by atoms with E-state index in [-0.39, 0.29) is 12.0 Å². The summed E-state index contributed by atoms with van der Waals surface area (Å²) in [4.78, 5) is 8.18. The third-order valence-corrected chi connectivity index (χ3v) is 1.65. The van der Waals surface area contributed by atoms with Crippen LogP contribution in [0.3, 0.4) is 0 Å². The van der Waals surface area contributed by atoms with Gasteiger partial charge in [0.1, 0.15) is 0 Å². The summed E-state index contributed by atoms with van der Waals surface area (Å²) in [6.07, 6.45) is 1.64. The average Bonchev–Trinajstić information content (AvgIpc) is 2.14. The molecule has 4 nitrogen and oxygen atoms in total. The molecule has 14 heavy (non-hydrogen) atoms. The number of rotatable bonds is 3. The number of nitrogens with one attached hydrogen (secondary N) is 1. The number of aromatic nitrogens is 2. The molecule has 1 aromatic heterocycles. The largest absolute Gasteiger partial charge is 0.390 e. The first-order chi connectivity index (χ1) is 6.51. The van der Waals surface area contributed by atoms with Crippen molar-refractivity contribution in [2.45, 2.75) is 27.4 Å². The first-order valence-corrected chi connectivity index (χ1v) is 4.68. The van der Waals surface area contributed by atoms with E-state index in [1.165, 1.54) is 0 Å². The van der Waals surface area contributed by atoms with E-state index >= 15 is 0 Å². The molecule has 4 heteroatoms. The Hall–Kier alpha value is -1.16. The second kappa shape index (κ2) is 4.37. The molecule has 0 radical (unpaired) electrons. The normalized spacial score (nSPS) is 11.4. The van der Waals surface area contributed by atoms with Crippen molar-refractivity contribution in [3.05, 3.63) is 18.0 Å². The maximum Gasteiger partial charge on any atom is 0.222 e. The van der Waals surface area contributed by atoms with E-state index < -0.39 is 0 Å². The SMILES string of the molecule is CC(C)(C)CNc1nccc(CO)n1. The number of aliphatic hydroxyl groups is 1. The van der Waals surface area contributed by atoms with Crippen molar-refractivity contribution in [1.29, 1.82) is 0 Å². The number of aliphatic hydroxyl groups excluding tert-OH is 1. The summed E-state index contributed by atoms with van der Waals surface area (Å²) in [5.74, 6) is 0.575. The summed E-state index contributed by atoms with van der Waals surface area (Å²) < 4.78 is 0. The van der Waals surface area contributed by atoms with Crippen molar-refractivity contribution < 1.29 is 5.11 Å². The Balaban J connectivity index is 2.59. The van der Waals surface area contributed by atoms with E-state index in [2.05, 4.69) is 36.1 Å². The van der Waals surface area contributed by atoms with Crippen LogP contribution in [0.25, 0.3) is 0 Å². The zero-order chi connectivity index (χ0) is 10.6. The van der Waals surface area contributed by atoms with Gasteiger partial charge in [0, 0.05) is 12.7 Å². The van der Waals surface area contributed by atoms with Gasteiger partial charge in [0.15, 0.2) is 0 Å². The highest BCUT2D eigenvalue weighted by molar-refractivity contribution is 5.25. The molecule has 1 heterocycles. The van der Waals surface area contributed by atoms with Crippen molar-refractivity contribution >= 4 is 5.95 Å². The number of hydrogen-bond acceptors (Lipinski definition) is 4. The lowest BCUT2D eigenvalue weighted by Crippen LogP contribution is -2.20. The van der Waals surface area contributed by atoms with Gasteiger partial charge in [0.05, 0.1) is 12.3 Å². The molecule has 0 saturated carbocycles. The average molecular weight is 195 g/mol. The Morgan fingerprint density at radius 1 is 1.43 bits per heavy atom. The molecule has 0 aromatic carbocycles. The van der Waals surface area contributed by atoms with Crippen LogP contribution >= 0.6 is 0 Å². The van der Waals surface area contributed by atoms with E-state index in [0.717, 1.165) is 6.54 Å². The summed E-state index contributed by atoms with van der Waals surface area (Å²) >= 11 is 0. The smallest absolute Gasteiger partial charge is 0.222 e. The molecular weight excluding hydrogens is 178 g/mol. The van der Waals surface area contributed by atoms with Gasteiger partial charge in [-0.2, -0.15) is 0 Å². The van der Waals surface area contributed by atoms with Crippen LogP contribution in [0.2, 0.25) is 0 Å². The summed E-state index contributed by atoms with van der Waals surface area (Å²) in [6, 6.07) is 1.70. The van der Waals surface area contributed by atoms with E-state index in [0.29, 0.717) is 11.6 Å². The maximum atomic E-state index is 8.87. The van der Waals surface area contributed by atoms with Crippen LogP contribution in [0.1, 0.15) is 26.5 Å². The van der Waals surface area contributed by atoms with Gasteiger partial charge in [-0.3, -0.25) is 0 Å². The van der Waals surface area contributed by atoms with E-state index in [4.69, 9.17) is 5.11 Å². The fourth-order valence-electron chi connectivity index (χ4n) is 0.914. The lowest BCUT2D eigenvalue weighted by atomic mass is 9.97. The summed E-state index contributed by atoms with van der Waals surface area (Å²) in [6.45, 7) is 7.16. The molecule has 78 valence electrons. The second-order valence-electron chi connectivity index (χ2n) is 4.44. The molecule has 0 aliphatic heterocycles. The van der Waals surface area contributed by atoms with Crippen molar-refractivity contribution in [2.24, 2.45) is 5.41 Å². The van der Waals surface area contributed by atoms with E-state index in [1.54, 1.807) is 12.3 Å². The van der Waals surface area contributed by atoms with E-state index in [1.807, 2.05) is 0 Å². The van der Waals surface area contributed by atoms with Gasteiger partial charge in [0.2, 0.25) is 5.95 Å². The third kappa shape index (κ3) is 3.70. The van der Waals surface area contributed by atoms with Crippen LogP contribution in [0, 0.1) is 5.41 Å². The summed E-state index contributed by atoms with van der Waals surface area (Å²) in [5.41, 5.74) is 0.829. The minimum Gasteiger partial charge on any atom is -0.390 e. The monoisotopic (exact) mass is 195 g/mol. The van der Waals surface area contributed by atoms with Crippen LogP contribution in [0.5, 0.6) is 0 Å². The number of nitrogens with zero attached hydrogens (tertiary/aromatic N) is 2. The van der Waals surface area contributed by atoms with Gasteiger partial charge in [-0.05, 0) is 11.5 Å². The molecule has 0 amide bonds. The molecule has 0 aliphatic rings. The molecule has 1 rings (SSSR count). The van der Waals surface area contributed by atoms with Crippen molar-refractivity contribution in [2.75, 3.05) is 11.9 Å². The Bertz CT molecular complexity index is 294. The zero-order valence-electron chi connectivity index (χ0n) is 8.91. The molecule has 2 N–H and O–H groups in total. The Morgan fingerprint density at radius 2 is 2.14 bits per heavy atom. The minimum atomic E-state index is -0.0489. The minimum absolute atomic E-state index is 0.0489. The molecule has 0 aliphatic carbocycles. The topological polar surface area (TPSA) is 58.0 Å². The first kappa shape index (κ1) is 10.9. The standard InChI is InChI=1S/C10H17N3O/c1-10(2,3)7-12-9-11-5-4-8(6-14)13-9/h4-5,14H,6-7H2,1-3H3,(H,11,12,13). The Kier molecular flexibility index (Phi) is 3.41.